The van der Waals surface area contributed by atoms with E-state index >= 15 is 0 Å². The molecule has 29 heavy (non-hydrogen) atoms. The van der Waals surface area contributed by atoms with Crippen molar-refractivity contribution in [1.29, 1.82) is 0 Å². The van der Waals surface area contributed by atoms with E-state index in [0.29, 0.717) is 13.1 Å². The molecule has 0 aliphatic carbocycles. The summed E-state index contributed by atoms with van der Waals surface area (Å²) in [5, 5.41) is 0. The molecule has 1 fully saturated rings. The number of carbonyl (C=O) groups excluding carboxylic acids is 2. The minimum absolute atomic E-state index is 0.0215. The standard InChI is InChI=1S/C22H25N3O4/c1-17(26)25(19-5-3-2-4-6-19)15-22(27)24-11-9-23(10-12-24)14-18-7-8-20-21(13-18)29-16-28-20/h2-8,13H,9-12,14-16H2,1H3. The summed E-state index contributed by atoms with van der Waals surface area (Å²) < 4.78 is 10.8. The number of benzene rings is 2. The minimum Gasteiger partial charge on any atom is -0.454 e. The van der Waals surface area contributed by atoms with Crippen LogP contribution in [0, 0.1) is 0 Å². The topological polar surface area (TPSA) is 62.3 Å². The third-order valence-electron chi connectivity index (χ3n) is 5.31. The molecule has 0 atom stereocenters. The van der Waals surface area contributed by atoms with Gasteiger partial charge in [0.05, 0.1) is 0 Å². The van der Waals surface area contributed by atoms with Gasteiger partial charge in [-0.3, -0.25) is 14.5 Å². The lowest BCUT2D eigenvalue weighted by Crippen LogP contribution is -2.51. The quantitative estimate of drug-likeness (QED) is 0.776. The lowest BCUT2D eigenvalue weighted by Gasteiger charge is -2.35. The Morgan fingerprint density at radius 1 is 0.966 bits per heavy atom. The summed E-state index contributed by atoms with van der Waals surface area (Å²) in [4.78, 5) is 30.5. The molecule has 0 spiro atoms. The Labute approximate surface area is 170 Å². The number of anilines is 1. The van der Waals surface area contributed by atoms with Gasteiger partial charge in [-0.15, -0.1) is 0 Å². The highest BCUT2D eigenvalue weighted by Crippen LogP contribution is 2.32. The molecule has 0 saturated carbocycles. The molecule has 0 radical (unpaired) electrons. The molecule has 4 rings (SSSR count). The maximum absolute atomic E-state index is 12.8. The largest absolute Gasteiger partial charge is 0.454 e. The Balaban J connectivity index is 1.30. The van der Waals surface area contributed by atoms with Crippen LogP contribution < -0.4 is 14.4 Å². The highest BCUT2D eigenvalue weighted by atomic mass is 16.7. The minimum atomic E-state index is -0.133. The number of ether oxygens (including phenoxy) is 2. The van der Waals surface area contributed by atoms with E-state index in [2.05, 4.69) is 11.0 Å². The van der Waals surface area contributed by atoms with Crippen LogP contribution in [0.5, 0.6) is 11.5 Å². The fourth-order valence-corrected chi connectivity index (χ4v) is 3.68. The number of nitrogens with zero attached hydrogens (tertiary/aromatic N) is 3. The SMILES string of the molecule is CC(=O)N(CC(=O)N1CCN(Cc2ccc3c(c2)OCO3)CC1)c1ccccc1. The van der Waals surface area contributed by atoms with Crippen LogP contribution in [0.15, 0.2) is 48.5 Å². The predicted molar refractivity (Wildman–Crippen MR) is 109 cm³/mol. The summed E-state index contributed by atoms with van der Waals surface area (Å²) >= 11 is 0. The lowest BCUT2D eigenvalue weighted by atomic mass is 10.1. The molecular weight excluding hydrogens is 370 g/mol. The van der Waals surface area contributed by atoms with Gasteiger partial charge in [-0.2, -0.15) is 0 Å². The second-order valence-corrected chi connectivity index (χ2v) is 7.29. The molecule has 2 aliphatic rings. The van der Waals surface area contributed by atoms with E-state index in [1.165, 1.54) is 17.4 Å². The van der Waals surface area contributed by atoms with E-state index in [4.69, 9.17) is 9.47 Å². The van der Waals surface area contributed by atoms with Crippen molar-refractivity contribution in [3.05, 3.63) is 54.1 Å². The molecule has 0 aromatic heterocycles. The van der Waals surface area contributed by atoms with Crippen LogP contribution >= 0.6 is 0 Å². The van der Waals surface area contributed by atoms with Gasteiger partial charge >= 0.3 is 0 Å². The van der Waals surface area contributed by atoms with Crippen LogP contribution in [0.25, 0.3) is 0 Å². The zero-order valence-corrected chi connectivity index (χ0v) is 16.5. The van der Waals surface area contributed by atoms with E-state index < -0.39 is 0 Å². The summed E-state index contributed by atoms with van der Waals surface area (Å²) in [6.07, 6.45) is 0. The van der Waals surface area contributed by atoms with Crippen LogP contribution in [-0.4, -0.2) is 61.1 Å². The number of amides is 2. The lowest BCUT2D eigenvalue weighted by molar-refractivity contribution is -0.132. The second-order valence-electron chi connectivity index (χ2n) is 7.29. The average molecular weight is 395 g/mol. The number of rotatable bonds is 5. The van der Waals surface area contributed by atoms with Gasteiger partial charge in [-0.1, -0.05) is 24.3 Å². The molecule has 7 nitrogen and oxygen atoms in total. The molecular formula is C22H25N3O4. The fourth-order valence-electron chi connectivity index (χ4n) is 3.68. The number of hydrogen-bond donors (Lipinski definition) is 0. The van der Waals surface area contributed by atoms with Crippen molar-refractivity contribution >= 4 is 17.5 Å². The van der Waals surface area contributed by atoms with Crippen LogP contribution in [0.1, 0.15) is 12.5 Å². The van der Waals surface area contributed by atoms with E-state index in [0.717, 1.165) is 36.8 Å². The molecule has 0 bridgehead atoms. The van der Waals surface area contributed by atoms with Gasteiger partial charge in [0.2, 0.25) is 18.6 Å². The summed E-state index contributed by atoms with van der Waals surface area (Å²) in [6.45, 7) is 5.55. The van der Waals surface area contributed by atoms with Crippen molar-refractivity contribution < 1.29 is 19.1 Å². The van der Waals surface area contributed by atoms with Gasteiger partial charge in [0.25, 0.3) is 0 Å². The predicted octanol–water partition coefficient (Wildman–Crippen LogP) is 2.11. The molecule has 1 saturated heterocycles. The van der Waals surface area contributed by atoms with Crippen molar-refractivity contribution in [2.45, 2.75) is 13.5 Å². The summed E-state index contributed by atoms with van der Waals surface area (Å²) in [5.41, 5.74) is 1.91. The van der Waals surface area contributed by atoms with Crippen LogP contribution in [0.3, 0.4) is 0 Å². The highest BCUT2D eigenvalue weighted by Gasteiger charge is 2.24. The smallest absolute Gasteiger partial charge is 0.242 e. The van der Waals surface area contributed by atoms with E-state index in [1.807, 2.05) is 47.4 Å². The Bertz CT molecular complexity index is 879. The van der Waals surface area contributed by atoms with Crippen LogP contribution in [0.2, 0.25) is 0 Å². The molecule has 2 heterocycles. The monoisotopic (exact) mass is 395 g/mol. The molecule has 0 N–H and O–H groups in total. The third kappa shape index (κ3) is 4.51. The number of fused-ring (bicyclic) bond motifs is 1. The molecule has 2 aromatic carbocycles. The van der Waals surface area contributed by atoms with Gasteiger partial charge in [-0.05, 0) is 29.8 Å². The first-order valence-electron chi connectivity index (χ1n) is 9.82. The Morgan fingerprint density at radius 2 is 1.69 bits per heavy atom. The zero-order chi connectivity index (χ0) is 20.2. The Kier molecular flexibility index (Phi) is 5.67. The summed E-state index contributed by atoms with van der Waals surface area (Å²) in [7, 11) is 0. The van der Waals surface area contributed by atoms with E-state index in [-0.39, 0.29) is 25.2 Å². The van der Waals surface area contributed by atoms with Gasteiger partial charge < -0.3 is 19.3 Å². The maximum Gasteiger partial charge on any atom is 0.242 e. The molecule has 2 aromatic rings. The fraction of sp³-hybridized carbons (Fsp3) is 0.364. The van der Waals surface area contributed by atoms with Gasteiger partial charge in [-0.25, -0.2) is 0 Å². The summed E-state index contributed by atoms with van der Waals surface area (Å²) in [5.74, 6) is 1.43. The van der Waals surface area contributed by atoms with Crippen molar-refractivity contribution in [3.63, 3.8) is 0 Å². The first-order chi connectivity index (χ1) is 14.1. The Hall–Kier alpha value is -3.06. The van der Waals surface area contributed by atoms with Crippen molar-refractivity contribution in [1.82, 2.24) is 9.80 Å². The summed E-state index contributed by atoms with van der Waals surface area (Å²) in [6, 6.07) is 15.3. The van der Waals surface area contributed by atoms with Gasteiger partial charge in [0.1, 0.15) is 6.54 Å². The van der Waals surface area contributed by atoms with E-state index in [9.17, 15) is 9.59 Å². The second kappa shape index (κ2) is 8.53. The average Bonchev–Trinajstić information content (AvgIpc) is 3.20. The van der Waals surface area contributed by atoms with Gasteiger partial charge in [0, 0.05) is 45.3 Å². The number of piperazine rings is 1. The Morgan fingerprint density at radius 3 is 2.41 bits per heavy atom. The number of hydrogen-bond acceptors (Lipinski definition) is 5. The molecule has 2 amide bonds. The van der Waals surface area contributed by atoms with Crippen molar-refractivity contribution in [3.8, 4) is 11.5 Å². The normalized spacial score (nSPS) is 16.0. The first kappa shape index (κ1) is 19.3. The maximum atomic E-state index is 12.8. The van der Waals surface area contributed by atoms with Crippen molar-refractivity contribution in [2.24, 2.45) is 0 Å². The third-order valence-corrected chi connectivity index (χ3v) is 5.31. The van der Waals surface area contributed by atoms with Crippen LogP contribution in [0.4, 0.5) is 5.69 Å². The van der Waals surface area contributed by atoms with Crippen molar-refractivity contribution in [2.75, 3.05) is 44.4 Å². The number of carbonyl (C=O) groups is 2. The molecule has 0 unspecified atom stereocenters. The molecule has 7 heteroatoms. The molecule has 2 aliphatic heterocycles. The van der Waals surface area contributed by atoms with E-state index in [1.54, 1.807) is 0 Å². The highest BCUT2D eigenvalue weighted by molar-refractivity contribution is 5.97. The zero-order valence-electron chi connectivity index (χ0n) is 16.5. The van der Waals surface area contributed by atoms with Crippen LogP contribution in [-0.2, 0) is 16.1 Å². The first-order valence-corrected chi connectivity index (χ1v) is 9.82. The number of para-hydroxylation sites is 1. The molecule has 152 valence electrons. The van der Waals surface area contributed by atoms with Gasteiger partial charge in [0.15, 0.2) is 11.5 Å².